The minimum atomic E-state index is -4.22. The molecule has 2 amide bonds. The molecule has 3 aromatic rings. The Morgan fingerprint density at radius 3 is 2.19 bits per heavy atom. The maximum atomic E-state index is 14.2. The number of sulfonamides is 1. The van der Waals surface area contributed by atoms with E-state index in [4.69, 9.17) is 23.2 Å². The summed E-state index contributed by atoms with van der Waals surface area (Å²) in [5, 5.41) is 3.34. The summed E-state index contributed by atoms with van der Waals surface area (Å²) < 4.78 is 28.9. The number of carbonyl (C=O) groups excluding carboxylic acids is 2. The summed E-state index contributed by atoms with van der Waals surface area (Å²) in [5.74, 6) is -0.726. The largest absolute Gasteiger partial charge is 0.352 e. The number of amides is 2. The quantitative estimate of drug-likeness (QED) is 0.248. The zero-order chi connectivity index (χ0) is 30.1. The van der Waals surface area contributed by atoms with Gasteiger partial charge in [0.2, 0.25) is 11.8 Å². The summed E-state index contributed by atoms with van der Waals surface area (Å²) in [6, 6.07) is 21.5. The fourth-order valence-corrected chi connectivity index (χ4v) is 7.25. The van der Waals surface area contributed by atoms with E-state index < -0.39 is 28.5 Å². The molecule has 1 saturated carbocycles. The molecule has 0 radical (unpaired) electrons. The number of anilines is 1. The van der Waals surface area contributed by atoms with Crippen LogP contribution < -0.4 is 9.62 Å². The van der Waals surface area contributed by atoms with Crippen molar-refractivity contribution in [3.63, 3.8) is 0 Å². The lowest BCUT2D eigenvalue weighted by atomic mass is 9.95. The molecular formula is C32H37Cl2N3O4S. The predicted octanol–water partition coefficient (Wildman–Crippen LogP) is 6.49. The van der Waals surface area contributed by atoms with Gasteiger partial charge in [-0.3, -0.25) is 13.9 Å². The van der Waals surface area contributed by atoms with Crippen LogP contribution in [0.1, 0.15) is 51.0 Å². The van der Waals surface area contributed by atoms with E-state index in [9.17, 15) is 18.0 Å². The average molecular weight is 631 g/mol. The van der Waals surface area contributed by atoms with Gasteiger partial charge in [-0.05, 0) is 55.5 Å². The van der Waals surface area contributed by atoms with Crippen molar-refractivity contribution in [2.24, 2.45) is 0 Å². The second-order valence-corrected chi connectivity index (χ2v) is 13.1. The Labute approximate surface area is 258 Å². The van der Waals surface area contributed by atoms with Crippen LogP contribution >= 0.6 is 23.2 Å². The van der Waals surface area contributed by atoms with Gasteiger partial charge >= 0.3 is 0 Å². The number of hydrogen-bond acceptors (Lipinski definition) is 4. The molecule has 42 heavy (non-hydrogen) atoms. The van der Waals surface area contributed by atoms with E-state index in [0.29, 0.717) is 12.8 Å². The zero-order valence-corrected chi connectivity index (χ0v) is 26.0. The molecule has 0 bridgehead atoms. The van der Waals surface area contributed by atoms with Crippen molar-refractivity contribution < 1.29 is 18.0 Å². The van der Waals surface area contributed by atoms with E-state index in [1.54, 1.807) is 30.3 Å². The van der Waals surface area contributed by atoms with Crippen molar-refractivity contribution in [2.45, 2.75) is 68.8 Å². The van der Waals surface area contributed by atoms with E-state index in [0.717, 1.165) is 42.0 Å². The minimum absolute atomic E-state index is 0.00626. The number of rotatable bonds is 12. The van der Waals surface area contributed by atoms with Crippen LogP contribution in [0.5, 0.6) is 0 Å². The summed E-state index contributed by atoms with van der Waals surface area (Å²) in [6.07, 6.45) is 5.98. The Morgan fingerprint density at radius 2 is 1.55 bits per heavy atom. The van der Waals surface area contributed by atoms with E-state index in [1.165, 1.54) is 23.1 Å². The summed E-state index contributed by atoms with van der Waals surface area (Å²) >= 11 is 12.8. The van der Waals surface area contributed by atoms with Crippen molar-refractivity contribution >= 4 is 50.7 Å². The highest BCUT2D eigenvalue weighted by Gasteiger charge is 2.35. The number of benzene rings is 3. The lowest BCUT2D eigenvalue weighted by Gasteiger charge is -2.34. The lowest BCUT2D eigenvalue weighted by molar-refractivity contribution is -0.140. The molecule has 0 aromatic heterocycles. The van der Waals surface area contributed by atoms with E-state index in [1.807, 2.05) is 37.3 Å². The number of carbonyl (C=O) groups is 2. The van der Waals surface area contributed by atoms with Gasteiger partial charge in [-0.25, -0.2) is 8.42 Å². The Balaban J connectivity index is 1.69. The molecule has 3 aromatic carbocycles. The molecule has 0 saturated heterocycles. The van der Waals surface area contributed by atoms with Crippen LogP contribution in [0, 0.1) is 0 Å². The molecule has 0 aliphatic heterocycles. The summed E-state index contributed by atoms with van der Waals surface area (Å²) in [5.41, 5.74) is 1.09. The maximum Gasteiger partial charge on any atom is 0.264 e. The van der Waals surface area contributed by atoms with Crippen molar-refractivity contribution in [3.8, 4) is 0 Å². The number of nitrogens with zero attached hydrogens (tertiary/aromatic N) is 2. The topological polar surface area (TPSA) is 86.8 Å². The Hall–Kier alpha value is -3.07. The molecule has 0 spiro atoms. The van der Waals surface area contributed by atoms with Gasteiger partial charge in [-0.15, -0.1) is 0 Å². The van der Waals surface area contributed by atoms with Crippen molar-refractivity contribution in [1.29, 1.82) is 0 Å². The van der Waals surface area contributed by atoms with Crippen LogP contribution in [-0.4, -0.2) is 50.3 Å². The first-order valence-corrected chi connectivity index (χ1v) is 16.6. The van der Waals surface area contributed by atoms with Crippen LogP contribution in [0.4, 0.5) is 5.69 Å². The molecular weight excluding hydrogens is 593 g/mol. The first-order valence-electron chi connectivity index (χ1n) is 14.4. The molecule has 7 nitrogen and oxygen atoms in total. The Morgan fingerprint density at radius 1 is 0.905 bits per heavy atom. The first-order chi connectivity index (χ1) is 20.2. The number of hydrogen-bond donors (Lipinski definition) is 1. The van der Waals surface area contributed by atoms with Crippen molar-refractivity contribution in [1.82, 2.24) is 10.2 Å². The molecule has 0 heterocycles. The van der Waals surface area contributed by atoms with Gasteiger partial charge in [0.15, 0.2) is 0 Å². The highest BCUT2D eigenvalue weighted by atomic mass is 35.5. The molecule has 1 N–H and O–H groups in total. The van der Waals surface area contributed by atoms with Crippen molar-refractivity contribution in [2.75, 3.05) is 17.4 Å². The van der Waals surface area contributed by atoms with E-state index >= 15 is 0 Å². The zero-order valence-electron chi connectivity index (χ0n) is 23.7. The van der Waals surface area contributed by atoms with Gasteiger partial charge in [0, 0.05) is 12.6 Å². The van der Waals surface area contributed by atoms with E-state index in [2.05, 4.69) is 5.32 Å². The Kier molecular flexibility index (Phi) is 11.3. The highest BCUT2D eigenvalue weighted by molar-refractivity contribution is 7.92. The van der Waals surface area contributed by atoms with Crippen LogP contribution in [0.2, 0.25) is 10.0 Å². The third kappa shape index (κ3) is 7.85. The highest BCUT2D eigenvalue weighted by Crippen LogP contribution is 2.35. The monoisotopic (exact) mass is 629 g/mol. The molecule has 1 aliphatic rings. The minimum Gasteiger partial charge on any atom is -0.352 e. The standard InChI is InChI=1S/C32H37Cl2N3O4S/c1-2-28(32(39)35-25-15-8-4-9-16-25)36(22-21-24-13-6-3-7-14-24)30(38)23-37(29-20-12-19-27(33)31(29)34)42(40,41)26-17-10-5-11-18-26/h3,5-7,10-14,17-20,25,28H,2,4,8-9,15-16,21-23H2,1H3,(H,35,39). The maximum absolute atomic E-state index is 14.2. The van der Waals surface area contributed by atoms with Crippen molar-refractivity contribution in [3.05, 3.63) is 94.5 Å². The van der Waals surface area contributed by atoms with Gasteiger partial charge in [0.1, 0.15) is 12.6 Å². The van der Waals surface area contributed by atoms with Gasteiger partial charge in [-0.1, -0.05) is 104 Å². The summed E-state index contributed by atoms with van der Waals surface area (Å²) in [4.78, 5) is 29.3. The SMILES string of the molecule is CCC(C(=O)NC1CCCCC1)N(CCc1ccccc1)C(=O)CN(c1cccc(Cl)c1Cl)S(=O)(=O)c1ccccc1. The fourth-order valence-electron chi connectivity index (χ4n) is 5.36. The number of nitrogens with one attached hydrogen (secondary N) is 1. The second kappa shape index (κ2) is 14.9. The molecule has 1 fully saturated rings. The molecule has 1 atom stereocenters. The molecule has 10 heteroatoms. The molecule has 224 valence electrons. The van der Waals surface area contributed by atoms with Gasteiger partial charge in [-0.2, -0.15) is 0 Å². The molecule has 1 aliphatic carbocycles. The lowest BCUT2D eigenvalue weighted by Crippen LogP contribution is -2.54. The summed E-state index contributed by atoms with van der Waals surface area (Å²) in [7, 11) is -4.22. The van der Waals surface area contributed by atoms with Gasteiger partial charge in [0.25, 0.3) is 10.0 Å². The average Bonchev–Trinajstić information content (AvgIpc) is 3.00. The third-order valence-corrected chi connectivity index (χ3v) is 10.2. The van der Waals surface area contributed by atoms with Crippen LogP contribution in [-0.2, 0) is 26.0 Å². The van der Waals surface area contributed by atoms with Crippen LogP contribution in [0.3, 0.4) is 0 Å². The smallest absolute Gasteiger partial charge is 0.264 e. The van der Waals surface area contributed by atoms with Gasteiger partial charge < -0.3 is 10.2 Å². The van der Waals surface area contributed by atoms with Gasteiger partial charge in [0.05, 0.1) is 20.6 Å². The summed E-state index contributed by atoms with van der Waals surface area (Å²) in [6.45, 7) is 1.54. The van der Waals surface area contributed by atoms with E-state index in [-0.39, 0.29) is 39.1 Å². The predicted molar refractivity (Wildman–Crippen MR) is 168 cm³/mol. The Bertz CT molecular complexity index is 1450. The second-order valence-electron chi connectivity index (χ2n) is 10.5. The normalized spacial score (nSPS) is 14.6. The van der Waals surface area contributed by atoms with Crippen LogP contribution in [0.25, 0.3) is 0 Å². The third-order valence-electron chi connectivity index (χ3n) is 7.63. The molecule has 4 rings (SSSR count). The first kappa shape index (κ1) is 31.9. The van der Waals surface area contributed by atoms with Crippen LogP contribution in [0.15, 0.2) is 83.8 Å². The molecule has 1 unspecified atom stereocenters. The fraction of sp³-hybridized carbons (Fsp3) is 0.375. The number of halogens is 2.